The molecule has 1 heterocycles. The number of hydrogen-bond acceptors (Lipinski definition) is 4. The molecule has 0 unspecified atom stereocenters. The molecule has 0 aliphatic rings. The molecule has 1 aromatic carbocycles. The van der Waals surface area contributed by atoms with Gasteiger partial charge in [0.25, 0.3) is 0 Å². The lowest BCUT2D eigenvalue weighted by molar-refractivity contribution is 0.407. The van der Waals surface area contributed by atoms with Crippen LogP contribution in [0.3, 0.4) is 0 Å². The van der Waals surface area contributed by atoms with E-state index in [0.717, 1.165) is 17.0 Å². The standard InChI is InChI=1S/C14H20N4O/c1-10-5-6-12(19-4)11(7-10)8-18-9-13(16-17-18)14(2,3)15/h5-7,9H,8,15H2,1-4H3. The molecule has 5 heteroatoms. The van der Waals surface area contributed by atoms with Gasteiger partial charge in [0, 0.05) is 5.56 Å². The summed E-state index contributed by atoms with van der Waals surface area (Å²) in [7, 11) is 1.67. The summed E-state index contributed by atoms with van der Waals surface area (Å²) >= 11 is 0. The van der Waals surface area contributed by atoms with Crippen molar-refractivity contribution in [3.63, 3.8) is 0 Å². The number of hydrogen-bond donors (Lipinski definition) is 1. The van der Waals surface area contributed by atoms with Crippen molar-refractivity contribution < 1.29 is 4.74 Å². The summed E-state index contributed by atoms with van der Waals surface area (Å²) < 4.78 is 7.14. The Labute approximate surface area is 113 Å². The predicted octanol–water partition coefficient (Wildman–Crippen LogP) is 1.84. The summed E-state index contributed by atoms with van der Waals surface area (Å²) in [6.07, 6.45) is 1.88. The summed E-state index contributed by atoms with van der Waals surface area (Å²) in [5, 5.41) is 8.22. The largest absolute Gasteiger partial charge is 0.496 e. The minimum Gasteiger partial charge on any atom is -0.496 e. The molecule has 0 atom stereocenters. The number of rotatable bonds is 4. The summed E-state index contributed by atoms with van der Waals surface area (Å²) in [6.45, 7) is 6.50. The van der Waals surface area contributed by atoms with Gasteiger partial charge in [0.2, 0.25) is 0 Å². The van der Waals surface area contributed by atoms with Crippen LogP contribution in [0.15, 0.2) is 24.4 Å². The van der Waals surface area contributed by atoms with Gasteiger partial charge in [-0.15, -0.1) is 5.10 Å². The first-order chi connectivity index (χ1) is 8.90. The molecule has 102 valence electrons. The molecule has 19 heavy (non-hydrogen) atoms. The number of benzene rings is 1. The maximum Gasteiger partial charge on any atom is 0.123 e. The highest BCUT2D eigenvalue weighted by molar-refractivity contribution is 5.36. The van der Waals surface area contributed by atoms with E-state index < -0.39 is 5.54 Å². The molecule has 1 aromatic heterocycles. The molecule has 2 N–H and O–H groups in total. The van der Waals surface area contributed by atoms with Gasteiger partial charge in [-0.05, 0) is 26.8 Å². The molecule has 0 aliphatic carbocycles. The summed E-state index contributed by atoms with van der Waals surface area (Å²) in [4.78, 5) is 0. The number of methoxy groups -OCH3 is 1. The number of aryl methyl sites for hydroxylation is 1. The summed E-state index contributed by atoms with van der Waals surface area (Å²) in [5.74, 6) is 0.856. The summed E-state index contributed by atoms with van der Waals surface area (Å²) in [6, 6.07) is 6.08. The van der Waals surface area contributed by atoms with Gasteiger partial charge in [-0.1, -0.05) is 22.9 Å². The van der Waals surface area contributed by atoms with Crippen molar-refractivity contribution >= 4 is 0 Å². The molecule has 0 spiro atoms. The third-order valence-corrected chi connectivity index (χ3v) is 2.97. The molecule has 0 radical (unpaired) electrons. The van der Waals surface area contributed by atoms with Gasteiger partial charge in [-0.25, -0.2) is 4.68 Å². The predicted molar refractivity (Wildman–Crippen MR) is 74.1 cm³/mol. The van der Waals surface area contributed by atoms with Crippen molar-refractivity contribution in [1.82, 2.24) is 15.0 Å². The molecular weight excluding hydrogens is 240 g/mol. The third-order valence-electron chi connectivity index (χ3n) is 2.97. The average Bonchev–Trinajstić information content (AvgIpc) is 2.77. The zero-order valence-corrected chi connectivity index (χ0v) is 11.8. The number of aromatic nitrogens is 3. The first-order valence-corrected chi connectivity index (χ1v) is 6.23. The fraction of sp³-hybridized carbons (Fsp3) is 0.429. The van der Waals surface area contributed by atoms with Gasteiger partial charge in [-0.3, -0.25) is 0 Å². The van der Waals surface area contributed by atoms with Crippen molar-refractivity contribution in [2.75, 3.05) is 7.11 Å². The SMILES string of the molecule is COc1ccc(C)cc1Cn1cc(C(C)(C)N)nn1. The van der Waals surface area contributed by atoms with E-state index in [9.17, 15) is 0 Å². The minimum atomic E-state index is -0.477. The van der Waals surface area contributed by atoms with Gasteiger partial charge in [-0.2, -0.15) is 0 Å². The van der Waals surface area contributed by atoms with Crippen molar-refractivity contribution in [2.45, 2.75) is 32.9 Å². The Balaban J connectivity index is 2.26. The first-order valence-electron chi connectivity index (χ1n) is 6.23. The molecule has 2 aromatic rings. The highest BCUT2D eigenvalue weighted by Gasteiger charge is 2.18. The van der Waals surface area contributed by atoms with Crippen molar-refractivity contribution in [1.29, 1.82) is 0 Å². The van der Waals surface area contributed by atoms with Crippen LogP contribution in [0, 0.1) is 6.92 Å². The molecule has 0 saturated carbocycles. The quantitative estimate of drug-likeness (QED) is 0.911. The molecule has 5 nitrogen and oxygen atoms in total. The Hall–Kier alpha value is -1.88. The van der Waals surface area contributed by atoms with Crippen LogP contribution >= 0.6 is 0 Å². The van der Waals surface area contributed by atoms with Crippen LogP contribution in [-0.2, 0) is 12.1 Å². The number of nitrogens with zero attached hydrogens (tertiary/aromatic N) is 3. The fourth-order valence-corrected chi connectivity index (χ4v) is 1.88. The molecular formula is C14H20N4O. The molecule has 2 rings (SSSR count). The van der Waals surface area contributed by atoms with E-state index in [2.05, 4.69) is 23.3 Å². The van der Waals surface area contributed by atoms with Gasteiger partial charge < -0.3 is 10.5 Å². The smallest absolute Gasteiger partial charge is 0.123 e. The lowest BCUT2D eigenvalue weighted by Crippen LogP contribution is -2.29. The Kier molecular flexibility index (Phi) is 3.57. The normalized spacial score (nSPS) is 11.6. The topological polar surface area (TPSA) is 66.0 Å². The van der Waals surface area contributed by atoms with Gasteiger partial charge >= 0.3 is 0 Å². The lowest BCUT2D eigenvalue weighted by atomic mass is 10.0. The van der Waals surface area contributed by atoms with E-state index in [1.54, 1.807) is 11.8 Å². The van der Waals surface area contributed by atoms with E-state index >= 15 is 0 Å². The Morgan fingerprint density at radius 3 is 2.68 bits per heavy atom. The molecule has 0 saturated heterocycles. The third kappa shape index (κ3) is 3.12. The highest BCUT2D eigenvalue weighted by atomic mass is 16.5. The van der Waals surface area contributed by atoms with Gasteiger partial charge in [0.15, 0.2) is 0 Å². The van der Waals surface area contributed by atoms with Crippen molar-refractivity contribution in [2.24, 2.45) is 5.73 Å². The van der Waals surface area contributed by atoms with E-state index in [0.29, 0.717) is 6.54 Å². The fourth-order valence-electron chi connectivity index (χ4n) is 1.88. The molecule has 0 fully saturated rings. The second-order valence-corrected chi connectivity index (χ2v) is 5.34. The molecule has 0 amide bonds. The zero-order valence-electron chi connectivity index (χ0n) is 11.8. The van der Waals surface area contributed by atoms with Crippen LogP contribution in [0.1, 0.15) is 30.7 Å². The Bertz CT molecular complexity index is 569. The van der Waals surface area contributed by atoms with Crippen LogP contribution in [-0.4, -0.2) is 22.1 Å². The molecule has 0 aliphatic heterocycles. The van der Waals surface area contributed by atoms with E-state index in [1.165, 1.54) is 5.56 Å². The van der Waals surface area contributed by atoms with Crippen LogP contribution in [0.5, 0.6) is 5.75 Å². The lowest BCUT2D eigenvalue weighted by Gasteiger charge is -2.13. The van der Waals surface area contributed by atoms with Gasteiger partial charge in [0.1, 0.15) is 11.4 Å². The van der Waals surface area contributed by atoms with E-state index in [4.69, 9.17) is 10.5 Å². The second kappa shape index (κ2) is 5.01. The Morgan fingerprint density at radius 1 is 1.37 bits per heavy atom. The summed E-state index contributed by atoms with van der Waals surface area (Å²) in [5.41, 5.74) is 8.57. The van der Waals surface area contributed by atoms with Crippen molar-refractivity contribution in [3.8, 4) is 5.75 Å². The first kappa shape index (κ1) is 13.5. The van der Waals surface area contributed by atoms with Crippen LogP contribution < -0.4 is 10.5 Å². The average molecular weight is 260 g/mol. The Morgan fingerprint density at radius 2 is 2.11 bits per heavy atom. The number of nitrogens with two attached hydrogens (primary N) is 1. The van der Waals surface area contributed by atoms with Crippen LogP contribution in [0.2, 0.25) is 0 Å². The van der Waals surface area contributed by atoms with Crippen LogP contribution in [0.4, 0.5) is 0 Å². The minimum absolute atomic E-state index is 0.477. The monoisotopic (exact) mass is 260 g/mol. The van der Waals surface area contributed by atoms with Gasteiger partial charge in [0.05, 0.1) is 25.4 Å². The van der Waals surface area contributed by atoms with E-state index in [-0.39, 0.29) is 0 Å². The maximum absolute atomic E-state index is 6.00. The van der Waals surface area contributed by atoms with E-state index in [1.807, 2.05) is 32.2 Å². The van der Waals surface area contributed by atoms with Crippen LogP contribution in [0.25, 0.3) is 0 Å². The maximum atomic E-state index is 6.00. The second-order valence-electron chi connectivity index (χ2n) is 5.34. The number of ether oxygens (including phenoxy) is 1. The zero-order chi connectivity index (χ0) is 14.0. The molecule has 0 bridgehead atoms. The highest BCUT2D eigenvalue weighted by Crippen LogP contribution is 2.21. The van der Waals surface area contributed by atoms with Crippen molar-refractivity contribution in [3.05, 3.63) is 41.2 Å².